The van der Waals surface area contributed by atoms with Gasteiger partial charge in [0.05, 0.1) is 0 Å². The van der Waals surface area contributed by atoms with Gasteiger partial charge in [0, 0.05) is 19.4 Å². The van der Waals surface area contributed by atoms with Crippen molar-refractivity contribution in [1.82, 2.24) is 9.55 Å². The second-order valence-corrected chi connectivity index (χ2v) is 1.55. The van der Waals surface area contributed by atoms with Crippen molar-refractivity contribution in [2.75, 3.05) is 0 Å². The van der Waals surface area contributed by atoms with E-state index in [4.69, 9.17) is 5.41 Å². The van der Waals surface area contributed by atoms with Crippen molar-refractivity contribution < 1.29 is 0 Å². The molecular formula is C5H7N3. The molecule has 0 spiro atoms. The zero-order chi connectivity index (χ0) is 5.98. The molecule has 0 fully saturated rings. The molecule has 1 N–H and O–H groups in total. The van der Waals surface area contributed by atoms with Crippen molar-refractivity contribution in [2.45, 2.75) is 0 Å². The van der Waals surface area contributed by atoms with Crippen LogP contribution in [0.1, 0.15) is 0 Å². The Morgan fingerprint density at radius 2 is 2.50 bits per heavy atom. The molecule has 0 amide bonds. The molecule has 0 atom stereocenters. The second kappa shape index (κ2) is 1.78. The number of aryl methyl sites for hydroxylation is 1. The third kappa shape index (κ3) is 0.753. The maximum atomic E-state index is 7.07. The zero-order valence-electron chi connectivity index (χ0n) is 4.63. The van der Waals surface area contributed by atoms with Gasteiger partial charge < -0.3 is 4.57 Å². The highest BCUT2D eigenvalue weighted by molar-refractivity contribution is 4.77. The van der Waals surface area contributed by atoms with Gasteiger partial charge in [-0.25, -0.2) is 4.98 Å². The van der Waals surface area contributed by atoms with Crippen LogP contribution in [0.2, 0.25) is 0 Å². The monoisotopic (exact) mass is 109 g/mol. The van der Waals surface area contributed by atoms with Crippen molar-refractivity contribution >= 4 is 0 Å². The van der Waals surface area contributed by atoms with E-state index in [1.165, 1.54) is 0 Å². The third-order valence-electron chi connectivity index (χ3n) is 0.927. The Morgan fingerprint density at radius 3 is 2.88 bits per heavy atom. The molecule has 3 nitrogen and oxygen atoms in total. The summed E-state index contributed by atoms with van der Waals surface area (Å²) in [4.78, 5) is 3.71. The average Bonchev–Trinajstić information content (AvgIpc) is 1.77. The summed E-state index contributed by atoms with van der Waals surface area (Å²) in [6.45, 7) is 0. The van der Waals surface area contributed by atoms with Crippen LogP contribution in [0.15, 0.2) is 18.5 Å². The Morgan fingerprint density at radius 1 is 1.75 bits per heavy atom. The van der Waals surface area contributed by atoms with Crippen LogP contribution in [-0.2, 0) is 7.05 Å². The summed E-state index contributed by atoms with van der Waals surface area (Å²) in [5.74, 6) is 0. The van der Waals surface area contributed by atoms with Gasteiger partial charge in [0.2, 0.25) is 5.62 Å². The van der Waals surface area contributed by atoms with Gasteiger partial charge in [0.1, 0.15) is 0 Å². The number of nitrogens with one attached hydrogen (secondary N) is 1. The van der Waals surface area contributed by atoms with E-state index in [1.807, 2.05) is 0 Å². The van der Waals surface area contributed by atoms with Gasteiger partial charge in [0.25, 0.3) is 0 Å². The number of rotatable bonds is 0. The fourth-order valence-electron chi connectivity index (χ4n) is 0.443. The predicted molar refractivity (Wildman–Crippen MR) is 29.1 cm³/mol. The van der Waals surface area contributed by atoms with Crippen LogP contribution in [0.3, 0.4) is 0 Å². The van der Waals surface area contributed by atoms with Gasteiger partial charge in [-0.05, 0) is 6.07 Å². The van der Waals surface area contributed by atoms with Crippen molar-refractivity contribution in [3.05, 3.63) is 24.1 Å². The van der Waals surface area contributed by atoms with E-state index in [0.717, 1.165) is 0 Å². The summed E-state index contributed by atoms with van der Waals surface area (Å²) >= 11 is 0. The van der Waals surface area contributed by atoms with E-state index in [-0.39, 0.29) is 5.62 Å². The molecule has 0 aliphatic rings. The fourth-order valence-corrected chi connectivity index (χ4v) is 0.443. The molecule has 0 aromatic carbocycles. The van der Waals surface area contributed by atoms with Crippen LogP contribution in [-0.4, -0.2) is 9.55 Å². The van der Waals surface area contributed by atoms with E-state index in [1.54, 1.807) is 30.1 Å². The first-order valence-corrected chi connectivity index (χ1v) is 2.33. The van der Waals surface area contributed by atoms with Crippen LogP contribution in [0.5, 0.6) is 0 Å². The van der Waals surface area contributed by atoms with E-state index >= 15 is 0 Å². The smallest absolute Gasteiger partial charge is 0.221 e. The average molecular weight is 109 g/mol. The van der Waals surface area contributed by atoms with Crippen LogP contribution in [0, 0.1) is 5.41 Å². The lowest BCUT2D eigenvalue weighted by Crippen LogP contribution is -2.17. The minimum Gasteiger partial charge on any atom is -0.321 e. The van der Waals surface area contributed by atoms with E-state index in [0.29, 0.717) is 0 Å². The van der Waals surface area contributed by atoms with Crippen LogP contribution in [0.4, 0.5) is 0 Å². The molecular weight excluding hydrogens is 102 g/mol. The van der Waals surface area contributed by atoms with Gasteiger partial charge in [-0.3, -0.25) is 5.41 Å². The third-order valence-corrected chi connectivity index (χ3v) is 0.927. The summed E-state index contributed by atoms with van der Waals surface area (Å²) < 4.78 is 1.64. The molecule has 1 heterocycles. The summed E-state index contributed by atoms with van der Waals surface area (Å²) in [5, 5.41) is 7.07. The SMILES string of the molecule is Cn1cccnc1=N. The number of aromatic nitrogens is 2. The van der Waals surface area contributed by atoms with Crippen LogP contribution < -0.4 is 5.62 Å². The first kappa shape index (κ1) is 5.03. The lowest BCUT2D eigenvalue weighted by Gasteiger charge is -1.91. The molecule has 0 aliphatic heterocycles. The fraction of sp³-hybridized carbons (Fsp3) is 0.200. The molecule has 42 valence electrons. The Balaban J connectivity index is 3.35. The van der Waals surface area contributed by atoms with Crippen LogP contribution >= 0.6 is 0 Å². The first-order chi connectivity index (χ1) is 3.80. The Labute approximate surface area is 47.1 Å². The molecule has 8 heavy (non-hydrogen) atoms. The standard InChI is InChI=1S/C5H7N3/c1-8-4-2-3-7-5(8)6/h2-4,6H,1H3. The van der Waals surface area contributed by atoms with Crippen molar-refractivity contribution in [3.63, 3.8) is 0 Å². The first-order valence-electron chi connectivity index (χ1n) is 2.33. The van der Waals surface area contributed by atoms with Crippen molar-refractivity contribution in [1.29, 1.82) is 5.41 Å². The largest absolute Gasteiger partial charge is 0.321 e. The minimum atomic E-state index is 0.285. The highest BCUT2D eigenvalue weighted by atomic mass is 15.0. The second-order valence-electron chi connectivity index (χ2n) is 1.55. The van der Waals surface area contributed by atoms with Crippen LogP contribution in [0.25, 0.3) is 0 Å². The van der Waals surface area contributed by atoms with Crippen molar-refractivity contribution in [3.8, 4) is 0 Å². The number of nitrogens with zero attached hydrogens (tertiary/aromatic N) is 2. The lowest BCUT2D eigenvalue weighted by molar-refractivity contribution is 0.762. The molecule has 0 unspecified atom stereocenters. The highest BCUT2D eigenvalue weighted by Gasteiger charge is 1.76. The van der Waals surface area contributed by atoms with Gasteiger partial charge in [-0.2, -0.15) is 0 Å². The summed E-state index contributed by atoms with van der Waals surface area (Å²) in [7, 11) is 1.79. The number of hydrogen-bond acceptors (Lipinski definition) is 2. The maximum Gasteiger partial charge on any atom is 0.221 e. The molecule has 0 saturated heterocycles. The van der Waals surface area contributed by atoms with Crippen molar-refractivity contribution in [2.24, 2.45) is 7.05 Å². The van der Waals surface area contributed by atoms with Gasteiger partial charge >= 0.3 is 0 Å². The van der Waals surface area contributed by atoms with E-state index in [2.05, 4.69) is 4.98 Å². The van der Waals surface area contributed by atoms with Gasteiger partial charge in [0.15, 0.2) is 0 Å². The summed E-state index contributed by atoms with van der Waals surface area (Å²) in [6, 6.07) is 1.79. The minimum absolute atomic E-state index is 0.285. The Hall–Kier alpha value is -1.12. The molecule has 1 aromatic heterocycles. The molecule has 0 radical (unpaired) electrons. The topological polar surface area (TPSA) is 41.7 Å². The molecule has 0 aliphatic carbocycles. The summed E-state index contributed by atoms with van der Waals surface area (Å²) in [6.07, 6.45) is 3.39. The predicted octanol–water partition coefficient (Wildman–Crippen LogP) is -0.100. The molecule has 0 bridgehead atoms. The van der Waals surface area contributed by atoms with E-state index in [9.17, 15) is 0 Å². The summed E-state index contributed by atoms with van der Waals surface area (Å²) in [5.41, 5.74) is 0.285. The normalized spacial score (nSPS) is 9.12. The zero-order valence-corrected chi connectivity index (χ0v) is 4.63. The molecule has 1 rings (SSSR count). The highest BCUT2D eigenvalue weighted by Crippen LogP contribution is 1.68. The molecule has 0 saturated carbocycles. The van der Waals surface area contributed by atoms with E-state index < -0.39 is 0 Å². The van der Waals surface area contributed by atoms with Gasteiger partial charge in [-0.15, -0.1) is 0 Å². The Bertz CT molecular complexity index is 225. The molecule has 1 aromatic rings. The van der Waals surface area contributed by atoms with Gasteiger partial charge in [-0.1, -0.05) is 0 Å². The lowest BCUT2D eigenvalue weighted by atomic mass is 10.7. The molecule has 3 heteroatoms. The quantitative estimate of drug-likeness (QED) is 0.496. The maximum absolute atomic E-state index is 7.07. The number of hydrogen-bond donors (Lipinski definition) is 1. The Kier molecular flexibility index (Phi) is 1.12.